The SMILES string of the molecule is Nc1ccc2c(F)c(CO)sc2c1. The van der Waals surface area contributed by atoms with Crippen molar-refractivity contribution in [1.29, 1.82) is 0 Å². The van der Waals surface area contributed by atoms with Crippen molar-refractivity contribution in [2.75, 3.05) is 5.73 Å². The molecule has 3 N–H and O–H groups in total. The first-order valence-corrected chi connectivity index (χ1v) is 4.61. The molecule has 0 bridgehead atoms. The summed E-state index contributed by atoms with van der Waals surface area (Å²) in [5.41, 5.74) is 6.16. The highest BCUT2D eigenvalue weighted by Crippen LogP contribution is 2.31. The molecule has 0 aliphatic heterocycles. The highest BCUT2D eigenvalue weighted by Gasteiger charge is 2.10. The van der Waals surface area contributed by atoms with Gasteiger partial charge in [-0.05, 0) is 18.2 Å². The number of nitrogen functional groups attached to an aromatic ring is 1. The van der Waals surface area contributed by atoms with Crippen molar-refractivity contribution in [3.8, 4) is 0 Å². The number of benzene rings is 1. The van der Waals surface area contributed by atoms with Gasteiger partial charge in [-0.3, -0.25) is 0 Å². The first-order valence-electron chi connectivity index (χ1n) is 3.79. The lowest BCUT2D eigenvalue weighted by Crippen LogP contribution is -1.82. The van der Waals surface area contributed by atoms with Gasteiger partial charge in [0.2, 0.25) is 0 Å². The maximum atomic E-state index is 13.4. The number of fused-ring (bicyclic) bond motifs is 1. The third-order valence-electron chi connectivity index (χ3n) is 1.86. The molecule has 2 aromatic rings. The van der Waals surface area contributed by atoms with E-state index < -0.39 is 0 Å². The van der Waals surface area contributed by atoms with Gasteiger partial charge < -0.3 is 10.8 Å². The smallest absolute Gasteiger partial charge is 0.147 e. The van der Waals surface area contributed by atoms with Crippen LogP contribution in [-0.4, -0.2) is 5.11 Å². The van der Waals surface area contributed by atoms with E-state index in [9.17, 15) is 4.39 Å². The minimum absolute atomic E-state index is 0.259. The summed E-state index contributed by atoms with van der Waals surface area (Å²) < 4.78 is 14.2. The van der Waals surface area contributed by atoms with Gasteiger partial charge in [0, 0.05) is 15.8 Å². The number of halogens is 1. The molecule has 0 saturated heterocycles. The maximum absolute atomic E-state index is 13.4. The Bertz CT molecular complexity index is 452. The molecule has 0 spiro atoms. The Morgan fingerprint density at radius 2 is 2.23 bits per heavy atom. The first kappa shape index (κ1) is 8.47. The molecule has 68 valence electrons. The zero-order chi connectivity index (χ0) is 9.42. The van der Waals surface area contributed by atoms with E-state index >= 15 is 0 Å². The molecule has 0 atom stereocenters. The molecule has 1 heterocycles. The van der Waals surface area contributed by atoms with E-state index in [2.05, 4.69) is 0 Å². The van der Waals surface area contributed by atoms with Crippen LogP contribution in [0.5, 0.6) is 0 Å². The summed E-state index contributed by atoms with van der Waals surface area (Å²) in [6, 6.07) is 5.00. The Kier molecular flexibility index (Phi) is 1.94. The summed E-state index contributed by atoms with van der Waals surface area (Å²) in [5.74, 6) is -0.331. The van der Waals surface area contributed by atoms with Crippen LogP contribution in [0.4, 0.5) is 10.1 Å². The van der Waals surface area contributed by atoms with Gasteiger partial charge in [-0.1, -0.05) is 0 Å². The van der Waals surface area contributed by atoms with Crippen molar-refractivity contribution < 1.29 is 9.50 Å². The third-order valence-corrected chi connectivity index (χ3v) is 2.98. The fourth-order valence-corrected chi connectivity index (χ4v) is 2.23. The average molecular weight is 197 g/mol. The predicted octanol–water partition coefficient (Wildman–Crippen LogP) is 2.11. The molecule has 0 amide bonds. The lowest BCUT2D eigenvalue weighted by Gasteiger charge is -1.91. The standard InChI is InChI=1S/C9H8FNOS/c10-9-6-2-1-5(11)3-7(6)13-8(9)4-12/h1-3,12H,4,11H2. The van der Waals surface area contributed by atoms with Crippen molar-refractivity contribution in [2.45, 2.75) is 6.61 Å². The fourth-order valence-electron chi connectivity index (χ4n) is 1.23. The lowest BCUT2D eigenvalue weighted by molar-refractivity contribution is 0.280. The van der Waals surface area contributed by atoms with E-state index in [0.717, 1.165) is 4.70 Å². The van der Waals surface area contributed by atoms with Crippen LogP contribution in [0.3, 0.4) is 0 Å². The number of hydrogen-bond donors (Lipinski definition) is 2. The summed E-state index contributed by atoms with van der Waals surface area (Å²) in [4.78, 5) is 0.362. The largest absolute Gasteiger partial charge is 0.399 e. The molecule has 0 radical (unpaired) electrons. The second-order valence-corrected chi connectivity index (χ2v) is 3.89. The topological polar surface area (TPSA) is 46.2 Å². The zero-order valence-electron chi connectivity index (χ0n) is 6.75. The van der Waals surface area contributed by atoms with Crippen LogP contribution in [-0.2, 0) is 6.61 Å². The van der Waals surface area contributed by atoms with Gasteiger partial charge in [-0.25, -0.2) is 4.39 Å². The van der Waals surface area contributed by atoms with E-state index in [-0.39, 0.29) is 12.4 Å². The molecular weight excluding hydrogens is 189 g/mol. The second-order valence-electron chi connectivity index (χ2n) is 2.75. The predicted molar refractivity (Wildman–Crippen MR) is 52.1 cm³/mol. The number of aliphatic hydroxyl groups is 1. The normalized spacial score (nSPS) is 10.9. The van der Waals surface area contributed by atoms with E-state index in [1.54, 1.807) is 18.2 Å². The number of thiophene rings is 1. The van der Waals surface area contributed by atoms with Crippen LogP contribution in [0.2, 0.25) is 0 Å². The highest BCUT2D eigenvalue weighted by atomic mass is 32.1. The Labute approximate surface area is 78.4 Å². The minimum atomic E-state index is -0.331. The average Bonchev–Trinajstić information content (AvgIpc) is 2.42. The van der Waals surface area contributed by atoms with Gasteiger partial charge in [0.15, 0.2) is 0 Å². The van der Waals surface area contributed by atoms with Crippen molar-refractivity contribution in [1.82, 2.24) is 0 Å². The monoisotopic (exact) mass is 197 g/mol. The second kappa shape index (κ2) is 2.97. The summed E-state index contributed by atoms with van der Waals surface area (Å²) in [5, 5.41) is 9.36. The van der Waals surface area contributed by atoms with Crippen LogP contribution in [0.1, 0.15) is 4.88 Å². The minimum Gasteiger partial charge on any atom is -0.399 e. The molecule has 13 heavy (non-hydrogen) atoms. The van der Waals surface area contributed by atoms with Crippen LogP contribution in [0.25, 0.3) is 10.1 Å². The molecule has 0 saturated carbocycles. The van der Waals surface area contributed by atoms with E-state index in [1.807, 2.05) is 0 Å². The third kappa shape index (κ3) is 1.28. The summed E-state index contributed by atoms with van der Waals surface area (Å²) >= 11 is 1.23. The summed E-state index contributed by atoms with van der Waals surface area (Å²) in [6.45, 7) is -0.259. The molecular formula is C9H8FNOS. The Hall–Kier alpha value is -1.13. The van der Waals surface area contributed by atoms with E-state index in [1.165, 1.54) is 11.3 Å². The molecule has 0 fully saturated rings. The number of anilines is 1. The maximum Gasteiger partial charge on any atom is 0.147 e. The van der Waals surface area contributed by atoms with E-state index in [4.69, 9.17) is 10.8 Å². The fraction of sp³-hybridized carbons (Fsp3) is 0.111. The van der Waals surface area contributed by atoms with Crippen molar-refractivity contribution in [3.63, 3.8) is 0 Å². The zero-order valence-corrected chi connectivity index (χ0v) is 7.57. The number of rotatable bonds is 1. The molecule has 1 aromatic carbocycles. The van der Waals surface area contributed by atoms with Crippen molar-refractivity contribution >= 4 is 27.1 Å². The molecule has 1 aromatic heterocycles. The van der Waals surface area contributed by atoms with E-state index in [0.29, 0.717) is 16.0 Å². The highest BCUT2D eigenvalue weighted by molar-refractivity contribution is 7.19. The molecule has 0 aliphatic rings. The quantitative estimate of drug-likeness (QED) is 0.688. The van der Waals surface area contributed by atoms with Gasteiger partial charge in [0.05, 0.1) is 11.5 Å². The first-order chi connectivity index (χ1) is 6.22. The molecule has 2 rings (SSSR count). The van der Waals surface area contributed by atoms with Crippen LogP contribution < -0.4 is 5.73 Å². The Morgan fingerprint density at radius 3 is 2.92 bits per heavy atom. The van der Waals surface area contributed by atoms with Gasteiger partial charge in [-0.15, -0.1) is 11.3 Å². The summed E-state index contributed by atoms with van der Waals surface area (Å²) in [6.07, 6.45) is 0. The Balaban J connectivity index is 2.76. The van der Waals surface area contributed by atoms with Crippen molar-refractivity contribution in [3.05, 3.63) is 28.9 Å². The van der Waals surface area contributed by atoms with Crippen LogP contribution in [0, 0.1) is 5.82 Å². The number of nitrogens with two attached hydrogens (primary N) is 1. The molecule has 0 unspecified atom stereocenters. The van der Waals surface area contributed by atoms with Gasteiger partial charge in [0.25, 0.3) is 0 Å². The Morgan fingerprint density at radius 1 is 1.46 bits per heavy atom. The lowest BCUT2D eigenvalue weighted by atomic mass is 10.2. The van der Waals surface area contributed by atoms with Gasteiger partial charge in [-0.2, -0.15) is 0 Å². The van der Waals surface area contributed by atoms with Crippen LogP contribution >= 0.6 is 11.3 Å². The van der Waals surface area contributed by atoms with Gasteiger partial charge >= 0.3 is 0 Å². The van der Waals surface area contributed by atoms with Crippen LogP contribution in [0.15, 0.2) is 18.2 Å². The summed E-state index contributed by atoms with van der Waals surface area (Å²) in [7, 11) is 0. The number of hydrogen-bond acceptors (Lipinski definition) is 3. The molecule has 4 heteroatoms. The number of aliphatic hydroxyl groups excluding tert-OH is 1. The van der Waals surface area contributed by atoms with Crippen molar-refractivity contribution in [2.24, 2.45) is 0 Å². The molecule has 2 nitrogen and oxygen atoms in total. The molecule has 0 aliphatic carbocycles. The van der Waals surface area contributed by atoms with Gasteiger partial charge in [0.1, 0.15) is 5.82 Å².